The van der Waals surface area contributed by atoms with Gasteiger partial charge in [-0.2, -0.15) is 0 Å². The second kappa shape index (κ2) is 10.7. The van der Waals surface area contributed by atoms with E-state index in [9.17, 15) is 19.2 Å². The minimum Gasteiger partial charge on any atom is -0.463 e. The summed E-state index contributed by atoms with van der Waals surface area (Å²) in [5, 5.41) is 8.55. The molecule has 3 N–H and O–H groups in total. The van der Waals surface area contributed by atoms with Crippen molar-refractivity contribution < 1.29 is 28.7 Å². The molecule has 10 heteroatoms. The van der Waals surface area contributed by atoms with Gasteiger partial charge in [-0.05, 0) is 43.7 Å². The van der Waals surface area contributed by atoms with Crippen molar-refractivity contribution in [3.05, 3.63) is 63.2 Å². The Morgan fingerprint density at radius 2 is 1.83 bits per heavy atom. The largest absolute Gasteiger partial charge is 0.463 e. The number of carbonyl (C=O) groups excluding carboxylic acids is 4. The van der Waals surface area contributed by atoms with Crippen LogP contribution in [0.1, 0.15) is 59.1 Å². The molecule has 2 aliphatic rings. The lowest BCUT2D eigenvalue weighted by molar-refractivity contribution is -0.139. The van der Waals surface area contributed by atoms with E-state index >= 15 is 0 Å². The molecule has 35 heavy (non-hydrogen) atoms. The Balaban J connectivity index is 1.65. The molecule has 4 rings (SSSR count). The number of anilines is 1. The summed E-state index contributed by atoms with van der Waals surface area (Å²) in [4.78, 5) is 51.3. The van der Waals surface area contributed by atoms with Crippen LogP contribution in [0.4, 0.5) is 9.80 Å². The molecule has 2 heterocycles. The number of urea groups is 1. The summed E-state index contributed by atoms with van der Waals surface area (Å²) >= 11 is 1.39. The molecule has 1 aliphatic carbocycles. The molecule has 184 valence electrons. The van der Waals surface area contributed by atoms with Crippen LogP contribution in [0.25, 0.3) is 0 Å². The van der Waals surface area contributed by atoms with Crippen molar-refractivity contribution in [3.8, 4) is 0 Å². The van der Waals surface area contributed by atoms with Gasteiger partial charge < -0.3 is 25.4 Å². The van der Waals surface area contributed by atoms with E-state index in [2.05, 4.69) is 16.0 Å². The topological polar surface area (TPSA) is 123 Å². The van der Waals surface area contributed by atoms with Gasteiger partial charge in [0.2, 0.25) is 5.91 Å². The standard InChI is InChI=1S/C25H27N3O6S/c1-3-33-24(31)20-17(27-25(32)28-21(20)15-9-5-4-6-10-15)13-34-23(30)19-16-11-7-8-12-18(16)35-22(19)26-14(2)29/h4-6,9-10,21H,3,7-8,11-13H2,1-2H3,(H,26,29)(H2,27,28,32)/t21-/m0/s1. The number of rotatable bonds is 7. The van der Waals surface area contributed by atoms with Gasteiger partial charge in [-0.1, -0.05) is 30.3 Å². The number of fused-ring (bicyclic) bond motifs is 1. The second-order valence-corrected chi connectivity index (χ2v) is 9.33. The third-order valence-corrected chi connectivity index (χ3v) is 7.00. The lowest BCUT2D eigenvalue weighted by atomic mass is 9.95. The van der Waals surface area contributed by atoms with E-state index in [4.69, 9.17) is 9.47 Å². The van der Waals surface area contributed by atoms with E-state index in [-0.39, 0.29) is 30.4 Å². The monoisotopic (exact) mass is 497 g/mol. The molecule has 0 spiro atoms. The zero-order valence-corrected chi connectivity index (χ0v) is 20.4. The Bertz CT molecular complexity index is 1190. The van der Waals surface area contributed by atoms with Crippen LogP contribution in [-0.2, 0) is 31.9 Å². The van der Waals surface area contributed by atoms with Crippen LogP contribution in [0.15, 0.2) is 41.6 Å². The van der Waals surface area contributed by atoms with E-state index in [0.717, 1.165) is 36.1 Å². The van der Waals surface area contributed by atoms with Crippen molar-refractivity contribution in [3.63, 3.8) is 0 Å². The maximum Gasteiger partial charge on any atom is 0.341 e. The van der Waals surface area contributed by atoms with E-state index in [0.29, 0.717) is 16.1 Å². The molecule has 9 nitrogen and oxygen atoms in total. The van der Waals surface area contributed by atoms with Crippen molar-refractivity contribution in [2.45, 2.75) is 45.6 Å². The van der Waals surface area contributed by atoms with E-state index in [1.165, 1.54) is 18.3 Å². The van der Waals surface area contributed by atoms with Gasteiger partial charge in [0.15, 0.2) is 0 Å². The van der Waals surface area contributed by atoms with Gasteiger partial charge in [-0.3, -0.25) is 4.79 Å². The first kappa shape index (κ1) is 24.5. The fourth-order valence-electron chi connectivity index (χ4n) is 4.32. The summed E-state index contributed by atoms with van der Waals surface area (Å²) in [7, 11) is 0. The number of ether oxygens (including phenoxy) is 2. The van der Waals surface area contributed by atoms with Crippen molar-refractivity contribution >= 4 is 40.2 Å². The Kier molecular flexibility index (Phi) is 7.50. The molecule has 0 saturated carbocycles. The lowest BCUT2D eigenvalue weighted by Gasteiger charge is -2.29. The van der Waals surface area contributed by atoms with Crippen molar-refractivity contribution in [1.29, 1.82) is 0 Å². The Morgan fingerprint density at radius 3 is 2.54 bits per heavy atom. The summed E-state index contributed by atoms with van der Waals surface area (Å²) in [5.74, 6) is -1.51. The first-order valence-electron chi connectivity index (χ1n) is 11.5. The second-order valence-electron chi connectivity index (χ2n) is 8.23. The predicted molar refractivity (Wildman–Crippen MR) is 130 cm³/mol. The van der Waals surface area contributed by atoms with E-state index in [1.54, 1.807) is 31.2 Å². The van der Waals surface area contributed by atoms with Gasteiger partial charge >= 0.3 is 18.0 Å². The average Bonchev–Trinajstić information content (AvgIpc) is 3.20. The summed E-state index contributed by atoms with van der Waals surface area (Å²) in [6.45, 7) is 2.88. The molecule has 0 unspecified atom stereocenters. The highest BCUT2D eigenvalue weighted by Crippen LogP contribution is 2.38. The molecule has 0 saturated heterocycles. The summed E-state index contributed by atoms with van der Waals surface area (Å²) in [6.07, 6.45) is 3.54. The van der Waals surface area contributed by atoms with Crippen LogP contribution in [0.2, 0.25) is 0 Å². The number of aryl methyl sites for hydroxylation is 1. The Hall–Kier alpha value is -3.66. The average molecular weight is 498 g/mol. The van der Waals surface area contributed by atoms with Crippen LogP contribution in [0.5, 0.6) is 0 Å². The van der Waals surface area contributed by atoms with Crippen LogP contribution in [0, 0.1) is 0 Å². The van der Waals surface area contributed by atoms with E-state index < -0.39 is 24.0 Å². The van der Waals surface area contributed by atoms with Crippen LogP contribution < -0.4 is 16.0 Å². The minimum atomic E-state index is -0.762. The van der Waals surface area contributed by atoms with Gasteiger partial charge in [0.05, 0.1) is 29.5 Å². The first-order valence-corrected chi connectivity index (χ1v) is 12.3. The molecule has 0 radical (unpaired) electrons. The fraction of sp³-hybridized carbons (Fsp3) is 0.360. The van der Waals surface area contributed by atoms with Crippen molar-refractivity contribution in [2.75, 3.05) is 18.5 Å². The van der Waals surface area contributed by atoms with Gasteiger partial charge in [0.1, 0.15) is 11.6 Å². The highest BCUT2D eigenvalue weighted by atomic mass is 32.1. The highest BCUT2D eigenvalue weighted by Gasteiger charge is 2.35. The number of carbonyl (C=O) groups is 4. The molecular formula is C25H27N3O6S. The highest BCUT2D eigenvalue weighted by molar-refractivity contribution is 7.17. The molecular weight excluding hydrogens is 470 g/mol. The maximum absolute atomic E-state index is 13.2. The van der Waals surface area contributed by atoms with Gasteiger partial charge in [0.25, 0.3) is 0 Å². The zero-order valence-electron chi connectivity index (χ0n) is 19.6. The van der Waals surface area contributed by atoms with Crippen LogP contribution >= 0.6 is 11.3 Å². The van der Waals surface area contributed by atoms with Crippen molar-refractivity contribution in [2.24, 2.45) is 0 Å². The minimum absolute atomic E-state index is 0.145. The number of esters is 2. The molecule has 0 fully saturated rings. The van der Waals surface area contributed by atoms with Gasteiger partial charge in [-0.15, -0.1) is 11.3 Å². The summed E-state index contributed by atoms with van der Waals surface area (Å²) in [6, 6.07) is 7.72. The van der Waals surface area contributed by atoms with Crippen LogP contribution in [-0.4, -0.2) is 37.1 Å². The maximum atomic E-state index is 13.2. The Labute approximate surface area is 206 Å². The Morgan fingerprint density at radius 1 is 1.09 bits per heavy atom. The number of benzene rings is 1. The normalized spacial score (nSPS) is 17.1. The summed E-state index contributed by atoms with van der Waals surface area (Å²) in [5.41, 5.74) is 2.25. The van der Waals surface area contributed by atoms with Gasteiger partial charge in [-0.25, -0.2) is 14.4 Å². The predicted octanol–water partition coefficient (Wildman–Crippen LogP) is 3.61. The fourth-order valence-corrected chi connectivity index (χ4v) is 5.64. The zero-order chi connectivity index (χ0) is 24.9. The molecule has 2 aromatic rings. The molecule has 1 aliphatic heterocycles. The molecule has 1 atom stereocenters. The third-order valence-electron chi connectivity index (χ3n) is 5.79. The first-order chi connectivity index (χ1) is 16.9. The van der Waals surface area contributed by atoms with Crippen LogP contribution in [0.3, 0.4) is 0 Å². The van der Waals surface area contributed by atoms with E-state index in [1.807, 2.05) is 6.07 Å². The number of thiophene rings is 1. The number of hydrogen-bond donors (Lipinski definition) is 3. The lowest BCUT2D eigenvalue weighted by Crippen LogP contribution is -2.47. The van der Waals surface area contributed by atoms with Gasteiger partial charge in [0, 0.05) is 11.8 Å². The molecule has 3 amide bonds. The molecule has 1 aromatic heterocycles. The van der Waals surface area contributed by atoms with Crippen molar-refractivity contribution in [1.82, 2.24) is 10.6 Å². The number of nitrogens with one attached hydrogen (secondary N) is 3. The quantitative estimate of drug-likeness (QED) is 0.502. The SMILES string of the molecule is CCOC(=O)C1=C(COC(=O)c2c(NC(C)=O)sc3c2CCCC3)NC(=O)N[C@H]1c1ccccc1. The number of amides is 3. The third kappa shape index (κ3) is 5.37. The smallest absolute Gasteiger partial charge is 0.341 e. The number of hydrogen-bond acceptors (Lipinski definition) is 7. The summed E-state index contributed by atoms with van der Waals surface area (Å²) < 4.78 is 10.9. The molecule has 0 bridgehead atoms. The molecule has 1 aromatic carbocycles.